The van der Waals surface area contributed by atoms with Crippen LogP contribution in [-0.4, -0.2) is 23.7 Å². The molecule has 2 atom stereocenters. The van der Waals surface area contributed by atoms with Gasteiger partial charge in [-0.05, 0) is 32.8 Å². The highest BCUT2D eigenvalue weighted by Gasteiger charge is 2.46. The van der Waals surface area contributed by atoms with E-state index in [9.17, 15) is 9.59 Å². The fraction of sp³-hybridized carbons (Fsp3) is 0.500. The maximum absolute atomic E-state index is 11.8. The van der Waals surface area contributed by atoms with Gasteiger partial charge < -0.3 is 14.8 Å². The number of carbonyl (C=O) groups is 2. The van der Waals surface area contributed by atoms with Crippen LogP contribution >= 0.6 is 0 Å². The summed E-state index contributed by atoms with van der Waals surface area (Å²) in [6, 6.07) is 9.26. The Morgan fingerprint density at radius 3 is 2.52 bits per heavy atom. The SMILES string of the molecule is CC(C)(C)OC(=O)[C@@H]1C[C@H]1NC(=O)OCc1ccccc1. The number of hydrogen-bond acceptors (Lipinski definition) is 4. The smallest absolute Gasteiger partial charge is 0.407 e. The third-order valence-electron chi connectivity index (χ3n) is 3.02. The average molecular weight is 291 g/mol. The van der Waals surface area contributed by atoms with Gasteiger partial charge in [-0.15, -0.1) is 0 Å². The van der Waals surface area contributed by atoms with E-state index in [-0.39, 0.29) is 24.5 Å². The maximum atomic E-state index is 11.8. The minimum absolute atomic E-state index is 0.178. The lowest BCUT2D eigenvalue weighted by atomic mass is 10.2. The predicted molar refractivity (Wildman–Crippen MR) is 77.5 cm³/mol. The Balaban J connectivity index is 1.69. The van der Waals surface area contributed by atoms with Gasteiger partial charge in [-0.3, -0.25) is 4.79 Å². The summed E-state index contributed by atoms with van der Waals surface area (Å²) >= 11 is 0. The van der Waals surface area contributed by atoms with Gasteiger partial charge in [-0.2, -0.15) is 0 Å². The number of hydrogen-bond donors (Lipinski definition) is 1. The molecule has 1 aliphatic rings. The standard InChI is InChI=1S/C16H21NO4/c1-16(2,3)21-14(18)12-9-13(12)17-15(19)20-10-11-7-5-4-6-8-11/h4-8,12-13H,9-10H2,1-3H3,(H,17,19)/t12-,13-/m1/s1. The molecule has 2 rings (SSSR count). The number of ether oxygens (including phenoxy) is 2. The van der Waals surface area contributed by atoms with Crippen molar-refractivity contribution in [2.45, 2.75) is 45.4 Å². The van der Waals surface area contributed by atoms with E-state index in [1.807, 2.05) is 51.1 Å². The van der Waals surface area contributed by atoms with Gasteiger partial charge in [0, 0.05) is 6.04 Å². The molecule has 0 bridgehead atoms. The molecule has 1 fully saturated rings. The van der Waals surface area contributed by atoms with Crippen LogP contribution < -0.4 is 5.32 Å². The molecule has 0 unspecified atom stereocenters. The summed E-state index contributed by atoms with van der Waals surface area (Å²) < 4.78 is 10.4. The molecule has 1 aromatic rings. The van der Waals surface area contributed by atoms with Crippen molar-refractivity contribution in [3.05, 3.63) is 35.9 Å². The zero-order chi connectivity index (χ0) is 15.5. The molecule has 0 aromatic heterocycles. The number of alkyl carbamates (subject to hydrolysis) is 1. The lowest BCUT2D eigenvalue weighted by molar-refractivity contribution is -0.156. The van der Waals surface area contributed by atoms with Crippen molar-refractivity contribution >= 4 is 12.1 Å². The van der Waals surface area contributed by atoms with Crippen molar-refractivity contribution in [3.63, 3.8) is 0 Å². The van der Waals surface area contributed by atoms with Crippen molar-refractivity contribution < 1.29 is 19.1 Å². The molecule has 0 radical (unpaired) electrons. The van der Waals surface area contributed by atoms with Gasteiger partial charge in [0.2, 0.25) is 0 Å². The summed E-state index contributed by atoms with van der Waals surface area (Å²) in [5, 5.41) is 2.68. The molecule has 5 heteroatoms. The van der Waals surface area contributed by atoms with E-state index in [2.05, 4.69) is 5.32 Å². The molecule has 0 spiro atoms. The zero-order valence-electron chi connectivity index (χ0n) is 12.6. The average Bonchev–Trinajstić information content (AvgIpc) is 3.15. The van der Waals surface area contributed by atoms with Crippen LogP contribution in [0.4, 0.5) is 4.79 Å². The Labute approximate surface area is 124 Å². The van der Waals surface area contributed by atoms with Gasteiger partial charge >= 0.3 is 12.1 Å². The normalized spacial score (nSPS) is 20.5. The van der Waals surface area contributed by atoms with Crippen LogP contribution in [0.3, 0.4) is 0 Å². The predicted octanol–water partition coefficient (Wildman–Crippen LogP) is 2.64. The molecule has 21 heavy (non-hydrogen) atoms. The first-order valence-electron chi connectivity index (χ1n) is 7.05. The van der Waals surface area contributed by atoms with E-state index in [1.165, 1.54) is 0 Å². The molecule has 5 nitrogen and oxygen atoms in total. The molecule has 1 aromatic carbocycles. The van der Waals surface area contributed by atoms with Crippen LogP contribution in [0.1, 0.15) is 32.8 Å². The molecule has 0 saturated heterocycles. The fourth-order valence-electron chi connectivity index (χ4n) is 1.91. The first kappa shape index (κ1) is 15.4. The lowest BCUT2D eigenvalue weighted by Gasteiger charge is -2.19. The van der Waals surface area contributed by atoms with Crippen molar-refractivity contribution in [3.8, 4) is 0 Å². The highest BCUT2D eigenvalue weighted by atomic mass is 16.6. The van der Waals surface area contributed by atoms with Crippen LogP contribution in [-0.2, 0) is 20.9 Å². The minimum atomic E-state index is -0.505. The van der Waals surface area contributed by atoms with Gasteiger partial charge in [0.25, 0.3) is 0 Å². The summed E-state index contributed by atoms with van der Waals surface area (Å²) in [7, 11) is 0. The van der Waals surface area contributed by atoms with Gasteiger partial charge in [0.05, 0.1) is 5.92 Å². The van der Waals surface area contributed by atoms with Crippen molar-refractivity contribution in [2.24, 2.45) is 5.92 Å². The molecule has 114 valence electrons. The number of rotatable bonds is 4. The molecule has 1 N–H and O–H groups in total. The van der Waals surface area contributed by atoms with E-state index in [0.29, 0.717) is 6.42 Å². The van der Waals surface area contributed by atoms with Crippen molar-refractivity contribution in [2.75, 3.05) is 0 Å². The number of carbonyl (C=O) groups excluding carboxylic acids is 2. The summed E-state index contributed by atoms with van der Waals surface area (Å²) in [5.41, 5.74) is 0.421. The minimum Gasteiger partial charge on any atom is -0.460 e. The van der Waals surface area contributed by atoms with Crippen molar-refractivity contribution in [1.82, 2.24) is 5.32 Å². The highest BCUT2D eigenvalue weighted by Crippen LogP contribution is 2.33. The Hall–Kier alpha value is -2.04. The van der Waals surface area contributed by atoms with Crippen LogP contribution in [0.25, 0.3) is 0 Å². The first-order chi connectivity index (χ1) is 9.85. The van der Waals surface area contributed by atoms with E-state index in [0.717, 1.165) is 5.56 Å². The molecule has 0 aliphatic heterocycles. The monoisotopic (exact) mass is 291 g/mol. The van der Waals surface area contributed by atoms with Gasteiger partial charge in [-0.25, -0.2) is 4.79 Å². The zero-order valence-corrected chi connectivity index (χ0v) is 12.6. The number of nitrogens with one attached hydrogen (secondary N) is 1. The summed E-state index contributed by atoms with van der Waals surface area (Å²) in [5.74, 6) is -0.524. The van der Waals surface area contributed by atoms with Crippen LogP contribution in [0.2, 0.25) is 0 Å². The molecule has 1 aliphatic carbocycles. The Kier molecular flexibility index (Phi) is 4.50. The fourth-order valence-corrected chi connectivity index (χ4v) is 1.91. The number of amides is 1. The largest absolute Gasteiger partial charge is 0.460 e. The highest BCUT2D eigenvalue weighted by molar-refractivity contribution is 5.79. The van der Waals surface area contributed by atoms with E-state index >= 15 is 0 Å². The summed E-state index contributed by atoms with van der Waals surface area (Å²) in [4.78, 5) is 23.4. The second-order valence-corrected chi connectivity index (χ2v) is 6.19. The third kappa shape index (κ3) is 5.10. The van der Waals surface area contributed by atoms with E-state index in [4.69, 9.17) is 9.47 Å². The van der Waals surface area contributed by atoms with Crippen LogP contribution in [0, 0.1) is 5.92 Å². The third-order valence-corrected chi connectivity index (χ3v) is 3.02. The maximum Gasteiger partial charge on any atom is 0.407 e. The van der Waals surface area contributed by atoms with Gasteiger partial charge in [0.1, 0.15) is 12.2 Å². The summed E-state index contributed by atoms with van der Waals surface area (Å²) in [6.45, 7) is 5.69. The first-order valence-corrected chi connectivity index (χ1v) is 7.05. The Morgan fingerprint density at radius 1 is 1.24 bits per heavy atom. The number of esters is 1. The van der Waals surface area contributed by atoms with Crippen LogP contribution in [0.5, 0.6) is 0 Å². The van der Waals surface area contributed by atoms with E-state index < -0.39 is 11.7 Å². The Morgan fingerprint density at radius 2 is 1.90 bits per heavy atom. The second-order valence-electron chi connectivity index (χ2n) is 6.19. The topological polar surface area (TPSA) is 64.6 Å². The molecule has 1 amide bonds. The van der Waals surface area contributed by atoms with Gasteiger partial charge in [-0.1, -0.05) is 30.3 Å². The molecule has 1 saturated carbocycles. The Bertz CT molecular complexity index is 507. The van der Waals surface area contributed by atoms with Crippen LogP contribution in [0.15, 0.2) is 30.3 Å². The second kappa shape index (κ2) is 6.16. The van der Waals surface area contributed by atoms with E-state index in [1.54, 1.807) is 0 Å². The van der Waals surface area contributed by atoms with Gasteiger partial charge in [0.15, 0.2) is 0 Å². The lowest BCUT2D eigenvalue weighted by Crippen LogP contribution is -2.31. The number of benzene rings is 1. The molecule has 0 heterocycles. The quantitative estimate of drug-likeness (QED) is 0.866. The molecular weight excluding hydrogens is 270 g/mol. The molecular formula is C16H21NO4. The van der Waals surface area contributed by atoms with Crippen molar-refractivity contribution in [1.29, 1.82) is 0 Å². The summed E-state index contributed by atoms with van der Waals surface area (Å²) in [6.07, 6.45) is 0.102.